The van der Waals surface area contributed by atoms with Crippen molar-refractivity contribution in [3.63, 3.8) is 0 Å². The van der Waals surface area contributed by atoms with Gasteiger partial charge in [-0.1, -0.05) is 68.4 Å². The molecule has 0 bridgehead atoms. The maximum Gasteiger partial charge on any atom is 0.293 e. The standard InChI is InChI=1S/C26H23N5O2/c1-17(2)24-21-15-27-31(19-11-4-3-5-12-19)25(21)26(33)30(29-24)16-23(32)28-22-14-8-10-18-9-6-7-13-20(18)22/h3-15,17H,16H2,1-2H3,(H,28,32). The van der Waals surface area contributed by atoms with Crippen LogP contribution in [-0.2, 0) is 11.3 Å². The third-order valence-electron chi connectivity index (χ3n) is 5.62. The van der Waals surface area contributed by atoms with E-state index in [1.807, 2.05) is 86.6 Å². The summed E-state index contributed by atoms with van der Waals surface area (Å²) in [5.74, 6) is -0.269. The van der Waals surface area contributed by atoms with Gasteiger partial charge in [-0.15, -0.1) is 0 Å². The first kappa shape index (κ1) is 20.6. The van der Waals surface area contributed by atoms with Crippen molar-refractivity contribution in [2.24, 2.45) is 0 Å². The van der Waals surface area contributed by atoms with Gasteiger partial charge in [0.05, 0.1) is 17.6 Å². The summed E-state index contributed by atoms with van der Waals surface area (Å²) in [7, 11) is 0. The van der Waals surface area contributed by atoms with E-state index in [1.54, 1.807) is 10.9 Å². The lowest BCUT2D eigenvalue weighted by Crippen LogP contribution is -2.31. The van der Waals surface area contributed by atoms with Crippen molar-refractivity contribution in [1.29, 1.82) is 0 Å². The molecule has 0 aliphatic rings. The molecule has 33 heavy (non-hydrogen) atoms. The molecule has 7 nitrogen and oxygen atoms in total. The molecule has 0 saturated carbocycles. The van der Waals surface area contributed by atoms with Gasteiger partial charge in [-0.25, -0.2) is 9.36 Å². The van der Waals surface area contributed by atoms with Crippen LogP contribution < -0.4 is 10.9 Å². The lowest BCUT2D eigenvalue weighted by molar-refractivity contribution is -0.117. The summed E-state index contributed by atoms with van der Waals surface area (Å²) >= 11 is 0. The van der Waals surface area contributed by atoms with Crippen LogP contribution in [0, 0.1) is 0 Å². The molecule has 0 aliphatic heterocycles. The number of para-hydroxylation sites is 1. The molecule has 2 aromatic heterocycles. The van der Waals surface area contributed by atoms with Crippen molar-refractivity contribution in [3.05, 3.63) is 95.0 Å². The number of anilines is 1. The molecule has 5 rings (SSSR count). The Morgan fingerprint density at radius 3 is 2.45 bits per heavy atom. The van der Waals surface area contributed by atoms with Gasteiger partial charge in [0, 0.05) is 16.5 Å². The minimum Gasteiger partial charge on any atom is -0.324 e. The summed E-state index contributed by atoms with van der Waals surface area (Å²) in [6.45, 7) is 3.82. The molecule has 7 heteroatoms. The summed E-state index contributed by atoms with van der Waals surface area (Å²) in [6.07, 6.45) is 1.67. The summed E-state index contributed by atoms with van der Waals surface area (Å²) in [4.78, 5) is 26.4. The van der Waals surface area contributed by atoms with Gasteiger partial charge in [-0.3, -0.25) is 9.59 Å². The molecule has 0 saturated heterocycles. The molecule has 1 N–H and O–H groups in total. The number of carbonyl (C=O) groups is 1. The van der Waals surface area contributed by atoms with E-state index < -0.39 is 0 Å². The predicted molar refractivity (Wildman–Crippen MR) is 130 cm³/mol. The highest BCUT2D eigenvalue weighted by Crippen LogP contribution is 2.24. The fraction of sp³-hybridized carbons (Fsp3) is 0.154. The molecule has 0 aliphatic carbocycles. The number of hydrogen-bond acceptors (Lipinski definition) is 4. The quantitative estimate of drug-likeness (QED) is 0.439. The van der Waals surface area contributed by atoms with Crippen molar-refractivity contribution in [3.8, 4) is 5.69 Å². The number of fused-ring (bicyclic) bond motifs is 2. The van der Waals surface area contributed by atoms with Crippen LogP contribution in [0.4, 0.5) is 5.69 Å². The number of amides is 1. The Balaban J connectivity index is 1.56. The first-order valence-electron chi connectivity index (χ1n) is 10.8. The maximum absolute atomic E-state index is 13.4. The molecule has 3 aromatic carbocycles. The second kappa shape index (κ2) is 8.35. The highest BCUT2D eigenvalue weighted by Gasteiger charge is 2.20. The summed E-state index contributed by atoms with van der Waals surface area (Å²) in [6, 6.07) is 23.0. The molecule has 0 atom stereocenters. The normalized spacial score (nSPS) is 11.4. The number of nitrogens with one attached hydrogen (secondary N) is 1. The number of carbonyl (C=O) groups excluding carboxylic acids is 1. The van der Waals surface area contributed by atoms with Gasteiger partial charge in [-0.2, -0.15) is 10.2 Å². The van der Waals surface area contributed by atoms with Crippen LogP contribution in [0.3, 0.4) is 0 Å². The van der Waals surface area contributed by atoms with E-state index in [2.05, 4.69) is 15.5 Å². The lowest BCUT2D eigenvalue weighted by Gasteiger charge is -2.13. The largest absolute Gasteiger partial charge is 0.324 e. The topological polar surface area (TPSA) is 81.8 Å². The van der Waals surface area contributed by atoms with Gasteiger partial charge >= 0.3 is 0 Å². The van der Waals surface area contributed by atoms with E-state index in [0.717, 1.165) is 22.2 Å². The van der Waals surface area contributed by atoms with Gasteiger partial charge in [-0.05, 0) is 29.5 Å². The molecule has 1 amide bonds. The SMILES string of the molecule is CC(C)c1nn(CC(=O)Nc2cccc3ccccc23)c(=O)c2c1cnn2-c1ccccc1. The smallest absolute Gasteiger partial charge is 0.293 e. The number of nitrogens with zero attached hydrogens (tertiary/aromatic N) is 4. The first-order chi connectivity index (χ1) is 16.0. The summed E-state index contributed by atoms with van der Waals surface area (Å²) in [5.41, 5.74) is 2.26. The molecule has 0 unspecified atom stereocenters. The molecule has 0 spiro atoms. The highest BCUT2D eigenvalue weighted by atomic mass is 16.2. The Bertz CT molecular complexity index is 1530. The predicted octanol–water partition coefficient (Wildman–Crippen LogP) is 4.50. The summed E-state index contributed by atoms with van der Waals surface area (Å²) in [5, 5.41) is 14.6. The Kier molecular flexibility index (Phi) is 5.22. The Labute approximate surface area is 190 Å². The van der Waals surface area contributed by atoms with Crippen molar-refractivity contribution in [2.75, 3.05) is 5.32 Å². The van der Waals surface area contributed by atoms with Gasteiger partial charge < -0.3 is 5.32 Å². The van der Waals surface area contributed by atoms with Crippen LogP contribution in [0.15, 0.2) is 83.8 Å². The highest BCUT2D eigenvalue weighted by molar-refractivity contribution is 6.02. The van der Waals surface area contributed by atoms with Crippen molar-refractivity contribution in [1.82, 2.24) is 19.6 Å². The average molecular weight is 438 g/mol. The number of aromatic nitrogens is 4. The number of rotatable bonds is 5. The third kappa shape index (κ3) is 3.78. The van der Waals surface area contributed by atoms with Crippen LogP contribution in [0.1, 0.15) is 25.5 Å². The van der Waals surface area contributed by atoms with E-state index in [1.165, 1.54) is 4.68 Å². The molecular weight excluding hydrogens is 414 g/mol. The van der Waals surface area contributed by atoms with E-state index in [4.69, 9.17) is 0 Å². The van der Waals surface area contributed by atoms with E-state index in [-0.39, 0.29) is 23.9 Å². The van der Waals surface area contributed by atoms with E-state index >= 15 is 0 Å². The monoisotopic (exact) mass is 437 g/mol. The van der Waals surface area contributed by atoms with Crippen LogP contribution in [0.25, 0.3) is 27.4 Å². The van der Waals surface area contributed by atoms with Crippen LogP contribution in [0.2, 0.25) is 0 Å². The van der Waals surface area contributed by atoms with E-state index in [0.29, 0.717) is 16.6 Å². The van der Waals surface area contributed by atoms with Crippen LogP contribution in [0.5, 0.6) is 0 Å². The lowest BCUT2D eigenvalue weighted by atomic mass is 10.1. The second-order valence-electron chi connectivity index (χ2n) is 8.23. The van der Waals surface area contributed by atoms with Crippen molar-refractivity contribution < 1.29 is 4.79 Å². The van der Waals surface area contributed by atoms with Crippen molar-refractivity contribution in [2.45, 2.75) is 26.3 Å². The third-order valence-corrected chi connectivity index (χ3v) is 5.62. The summed E-state index contributed by atoms with van der Waals surface area (Å²) < 4.78 is 2.85. The molecular formula is C26H23N5O2. The van der Waals surface area contributed by atoms with E-state index in [9.17, 15) is 9.59 Å². The van der Waals surface area contributed by atoms with Gasteiger partial charge in [0.25, 0.3) is 5.56 Å². The molecule has 5 aromatic rings. The van der Waals surface area contributed by atoms with Gasteiger partial charge in [0.1, 0.15) is 12.1 Å². The minimum absolute atomic E-state index is 0.0499. The first-order valence-corrected chi connectivity index (χ1v) is 10.8. The molecule has 2 heterocycles. The van der Waals surface area contributed by atoms with Crippen molar-refractivity contribution >= 4 is 33.3 Å². The Hall–Kier alpha value is -4.26. The minimum atomic E-state index is -0.358. The number of hydrogen-bond donors (Lipinski definition) is 1. The van der Waals surface area contributed by atoms with Crippen LogP contribution >= 0.6 is 0 Å². The van der Waals surface area contributed by atoms with Gasteiger partial charge in [0.15, 0.2) is 0 Å². The Morgan fingerprint density at radius 2 is 1.67 bits per heavy atom. The Morgan fingerprint density at radius 1 is 0.939 bits per heavy atom. The molecule has 0 fully saturated rings. The number of benzene rings is 3. The second-order valence-corrected chi connectivity index (χ2v) is 8.23. The molecule has 164 valence electrons. The fourth-order valence-corrected chi connectivity index (χ4v) is 4.05. The fourth-order valence-electron chi connectivity index (χ4n) is 4.05. The zero-order valence-electron chi connectivity index (χ0n) is 18.4. The maximum atomic E-state index is 13.4. The zero-order valence-corrected chi connectivity index (χ0v) is 18.4. The van der Waals surface area contributed by atoms with Gasteiger partial charge in [0.2, 0.25) is 5.91 Å². The zero-order chi connectivity index (χ0) is 22.9. The van der Waals surface area contributed by atoms with Crippen LogP contribution in [-0.4, -0.2) is 25.5 Å². The molecule has 0 radical (unpaired) electrons. The average Bonchev–Trinajstić information content (AvgIpc) is 3.27.